The normalized spacial score (nSPS) is 11.4. The molecule has 0 aliphatic carbocycles. The zero-order valence-electron chi connectivity index (χ0n) is 8.86. The second-order valence-corrected chi connectivity index (χ2v) is 4.38. The van der Waals surface area contributed by atoms with Crippen LogP contribution in [0.1, 0.15) is 12.0 Å². The number of amides is 1. The number of alkyl halides is 3. The molecule has 94 valence electrons. The van der Waals surface area contributed by atoms with Crippen molar-refractivity contribution in [1.29, 1.82) is 0 Å². The maximum Gasteiger partial charge on any atom is 0.397 e. The fourth-order valence-electron chi connectivity index (χ4n) is 1.16. The monoisotopic (exact) mass is 310 g/mol. The minimum atomic E-state index is -4.52. The van der Waals surface area contributed by atoms with Crippen LogP contribution in [0.5, 0.6) is 0 Å². The van der Waals surface area contributed by atoms with Gasteiger partial charge in [-0.2, -0.15) is 13.2 Å². The van der Waals surface area contributed by atoms with E-state index in [0.29, 0.717) is 10.2 Å². The van der Waals surface area contributed by atoms with E-state index in [0.717, 1.165) is 5.56 Å². The number of halogens is 4. The van der Waals surface area contributed by atoms with Crippen LogP contribution in [0.2, 0.25) is 0 Å². The standard InChI is InChI=1S/C10H10BrF3N2O/c1-5-2-6(11)8(3-7(5)15)16-9(17)4-10(12,13)14/h2-3H,4,15H2,1H3,(H,16,17). The molecule has 0 aromatic heterocycles. The Morgan fingerprint density at radius 3 is 2.59 bits per heavy atom. The van der Waals surface area contributed by atoms with Gasteiger partial charge in [-0.15, -0.1) is 0 Å². The molecular formula is C10H10BrF3N2O. The van der Waals surface area contributed by atoms with Gasteiger partial charge in [-0.25, -0.2) is 0 Å². The highest BCUT2D eigenvalue weighted by Crippen LogP contribution is 2.28. The van der Waals surface area contributed by atoms with E-state index < -0.39 is 18.5 Å². The highest BCUT2D eigenvalue weighted by Gasteiger charge is 2.31. The molecule has 0 radical (unpaired) electrons. The van der Waals surface area contributed by atoms with Gasteiger partial charge in [-0.3, -0.25) is 4.79 Å². The van der Waals surface area contributed by atoms with Crippen molar-refractivity contribution in [3.8, 4) is 0 Å². The molecule has 3 N–H and O–H groups in total. The number of anilines is 2. The summed E-state index contributed by atoms with van der Waals surface area (Å²) in [6.45, 7) is 1.75. The summed E-state index contributed by atoms with van der Waals surface area (Å²) in [6.07, 6.45) is -6.04. The van der Waals surface area contributed by atoms with Gasteiger partial charge >= 0.3 is 6.18 Å². The van der Waals surface area contributed by atoms with Gasteiger partial charge < -0.3 is 11.1 Å². The average molecular weight is 311 g/mol. The van der Waals surface area contributed by atoms with Gasteiger partial charge in [-0.05, 0) is 40.5 Å². The summed E-state index contributed by atoms with van der Waals surface area (Å²) in [6, 6.07) is 3.03. The van der Waals surface area contributed by atoms with Gasteiger partial charge in [0, 0.05) is 10.2 Å². The number of nitrogens with one attached hydrogen (secondary N) is 1. The highest BCUT2D eigenvalue weighted by atomic mass is 79.9. The van der Waals surface area contributed by atoms with Crippen LogP contribution >= 0.6 is 15.9 Å². The molecule has 3 nitrogen and oxygen atoms in total. The maximum absolute atomic E-state index is 12.0. The lowest BCUT2D eigenvalue weighted by atomic mass is 10.2. The van der Waals surface area contributed by atoms with Gasteiger partial charge in [0.1, 0.15) is 6.42 Å². The molecule has 7 heteroatoms. The number of nitrogens with two attached hydrogens (primary N) is 1. The first kappa shape index (κ1) is 13.8. The van der Waals surface area contributed by atoms with Crippen molar-refractivity contribution < 1.29 is 18.0 Å². The predicted molar refractivity (Wildman–Crippen MR) is 62.6 cm³/mol. The first-order chi connectivity index (χ1) is 7.69. The van der Waals surface area contributed by atoms with Crippen LogP contribution in [0.4, 0.5) is 24.5 Å². The van der Waals surface area contributed by atoms with Gasteiger partial charge in [0.25, 0.3) is 0 Å². The van der Waals surface area contributed by atoms with Gasteiger partial charge in [-0.1, -0.05) is 0 Å². The van der Waals surface area contributed by atoms with E-state index in [1.165, 1.54) is 6.07 Å². The Labute approximate surface area is 104 Å². The van der Waals surface area contributed by atoms with Crippen molar-refractivity contribution in [3.63, 3.8) is 0 Å². The molecule has 0 heterocycles. The Morgan fingerprint density at radius 1 is 1.47 bits per heavy atom. The van der Waals surface area contributed by atoms with E-state index in [1.807, 2.05) is 0 Å². The summed E-state index contributed by atoms with van der Waals surface area (Å²) < 4.78 is 36.4. The number of rotatable bonds is 2. The number of carbonyl (C=O) groups excluding carboxylic acids is 1. The SMILES string of the molecule is Cc1cc(Br)c(NC(=O)CC(F)(F)F)cc1N. The van der Waals surface area contributed by atoms with Crippen LogP contribution in [0, 0.1) is 6.92 Å². The summed E-state index contributed by atoms with van der Waals surface area (Å²) in [5, 5.41) is 2.15. The number of hydrogen-bond donors (Lipinski definition) is 2. The van der Waals surface area contributed by atoms with E-state index in [2.05, 4.69) is 21.2 Å². The molecule has 0 unspecified atom stereocenters. The van der Waals surface area contributed by atoms with Gasteiger partial charge in [0.05, 0.1) is 5.69 Å². The lowest BCUT2D eigenvalue weighted by molar-refractivity contribution is -0.150. The molecule has 0 spiro atoms. The van der Waals surface area contributed by atoms with Crippen molar-refractivity contribution in [2.75, 3.05) is 11.1 Å². The molecule has 0 saturated carbocycles. The van der Waals surface area contributed by atoms with Gasteiger partial charge in [0.15, 0.2) is 0 Å². The highest BCUT2D eigenvalue weighted by molar-refractivity contribution is 9.10. The smallest absolute Gasteiger partial charge is 0.397 e. The van der Waals surface area contributed by atoms with Crippen molar-refractivity contribution in [2.45, 2.75) is 19.5 Å². The third kappa shape index (κ3) is 4.26. The molecular weight excluding hydrogens is 301 g/mol. The van der Waals surface area contributed by atoms with Crippen LogP contribution in [-0.4, -0.2) is 12.1 Å². The summed E-state index contributed by atoms with van der Waals surface area (Å²) in [5.41, 5.74) is 6.99. The van der Waals surface area contributed by atoms with E-state index in [-0.39, 0.29) is 5.69 Å². The van der Waals surface area contributed by atoms with Crippen molar-refractivity contribution in [1.82, 2.24) is 0 Å². The predicted octanol–water partition coefficient (Wildman–Crippen LogP) is 3.23. The Bertz CT molecular complexity index is 446. The van der Waals surface area contributed by atoms with Crippen molar-refractivity contribution >= 4 is 33.2 Å². The second kappa shape index (κ2) is 4.95. The minimum Gasteiger partial charge on any atom is -0.398 e. The van der Waals surface area contributed by atoms with Crippen molar-refractivity contribution in [2.24, 2.45) is 0 Å². The first-order valence-electron chi connectivity index (χ1n) is 4.61. The summed E-state index contributed by atoms with van der Waals surface area (Å²) in [5.74, 6) is -1.12. The minimum absolute atomic E-state index is 0.224. The lowest BCUT2D eigenvalue weighted by Crippen LogP contribution is -2.21. The molecule has 0 bridgehead atoms. The maximum atomic E-state index is 12.0. The largest absolute Gasteiger partial charge is 0.398 e. The number of carbonyl (C=O) groups is 1. The molecule has 1 aromatic carbocycles. The van der Waals surface area contributed by atoms with E-state index in [1.54, 1.807) is 13.0 Å². The number of aryl methyl sites for hydroxylation is 1. The molecule has 0 atom stereocenters. The number of benzene rings is 1. The Kier molecular flexibility index (Phi) is 4.03. The number of nitrogen functional groups attached to an aromatic ring is 1. The van der Waals surface area contributed by atoms with Crippen LogP contribution in [0.25, 0.3) is 0 Å². The average Bonchev–Trinajstić information content (AvgIpc) is 2.11. The zero-order valence-corrected chi connectivity index (χ0v) is 10.4. The second-order valence-electron chi connectivity index (χ2n) is 3.53. The van der Waals surface area contributed by atoms with Crippen LogP contribution < -0.4 is 11.1 Å². The van der Waals surface area contributed by atoms with Gasteiger partial charge in [0.2, 0.25) is 5.91 Å². The molecule has 17 heavy (non-hydrogen) atoms. The third-order valence-corrected chi connectivity index (χ3v) is 2.65. The van der Waals surface area contributed by atoms with Crippen molar-refractivity contribution in [3.05, 3.63) is 22.2 Å². The molecule has 1 aromatic rings. The van der Waals surface area contributed by atoms with Crippen LogP contribution in [0.15, 0.2) is 16.6 Å². The Balaban J connectivity index is 2.82. The molecule has 0 aliphatic heterocycles. The zero-order chi connectivity index (χ0) is 13.2. The fourth-order valence-corrected chi connectivity index (χ4v) is 1.72. The topological polar surface area (TPSA) is 55.1 Å². The number of hydrogen-bond acceptors (Lipinski definition) is 2. The molecule has 0 aliphatic rings. The van der Waals surface area contributed by atoms with Crippen LogP contribution in [-0.2, 0) is 4.79 Å². The van der Waals surface area contributed by atoms with E-state index in [4.69, 9.17) is 5.73 Å². The van der Waals surface area contributed by atoms with Crippen LogP contribution in [0.3, 0.4) is 0 Å². The first-order valence-corrected chi connectivity index (χ1v) is 5.40. The molecule has 0 fully saturated rings. The summed E-state index contributed by atoms with van der Waals surface area (Å²) in [4.78, 5) is 11.1. The Morgan fingerprint density at radius 2 is 2.06 bits per heavy atom. The molecule has 0 saturated heterocycles. The summed E-state index contributed by atoms with van der Waals surface area (Å²) >= 11 is 3.14. The molecule has 1 rings (SSSR count). The summed E-state index contributed by atoms with van der Waals surface area (Å²) in [7, 11) is 0. The Hall–Kier alpha value is -1.24. The quantitative estimate of drug-likeness (QED) is 0.824. The third-order valence-electron chi connectivity index (χ3n) is 1.99. The van der Waals surface area contributed by atoms with E-state index >= 15 is 0 Å². The molecule has 1 amide bonds. The fraction of sp³-hybridized carbons (Fsp3) is 0.300. The lowest BCUT2D eigenvalue weighted by Gasteiger charge is -2.11. The van der Waals surface area contributed by atoms with E-state index in [9.17, 15) is 18.0 Å².